The molecule has 4 heteroatoms. The summed E-state index contributed by atoms with van der Waals surface area (Å²) in [5, 5.41) is 0. The summed E-state index contributed by atoms with van der Waals surface area (Å²) in [6.45, 7) is 2.40. The average molecular weight is 1120 g/mol. The van der Waals surface area contributed by atoms with Crippen molar-refractivity contribution in [2.75, 3.05) is 19.6 Å². The first-order valence-electron chi connectivity index (χ1n) is 31.6. The maximum atomic E-state index is 2.56. The molecular weight excluding hydrogens is 1050 g/mol. The van der Waals surface area contributed by atoms with E-state index in [0.29, 0.717) is 0 Å². The molecule has 0 aliphatic heterocycles. The molecule has 0 saturated heterocycles. The van der Waals surface area contributed by atoms with E-state index in [-0.39, 0.29) is 16.7 Å². The summed E-state index contributed by atoms with van der Waals surface area (Å²) >= 11 is 0. The van der Waals surface area contributed by atoms with Crippen molar-refractivity contribution in [1.29, 1.82) is 0 Å². The third-order valence-corrected chi connectivity index (χ3v) is 20.0. The Balaban J connectivity index is 0.772. The van der Waals surface area contributed by atoms with Crippen molar-refractivity contribution < 1.29 is 0 Å². The first kappa shape index (κ1) is 52.6. The highest BCUT2D eigenvalue weighted by molar-refractivity contribution is 5.89. The van der Waals surface area contributed by atoms with Gasteiger partial charge in [-0.2, -0.15) is 0 Å². The molecular formula is C83H70N4. The van der Waals surface area contributed by atoms with Crippen LogP contribution in [0.4, 0.5) is 56.9 Å². The van der Waals surface area contributed by atoms with E-state index in [1.165, 1.54) is 141 Å². The summed E-state index contributed by atoms with van der Waals surface area (Å²) in [4.78, 5) is 9.81. The molecule has 0 bridgehead atoms. The van der Waals surface area contributed by atoms with Crippen LogP contribution in [-0.4, -0.2) is 0 Å². The fraction of sp³-hybridized carbons (Fsp3) is 0.157. The lowest BCUT2D eigenvalue weighted by molar-refractivity contribution is 0.550. The Kier molecular flexibility index (Phi) is 13.2. The molecule has 0 amide bonds. The van der Waals surface area contributed by atoms with Crippen LogP contribution < -0.4 is 19.6 Å². The zero-order valence-corrected chi connectivity index (χ0v) is 49.4. The van der Waals surface area contributed by atoms with Gasteiger partial charge in [-0.25, -0.2) is 0 Å². The van der Waals surface area contributed by atoms with Crippen LogP contribution in [0.3, 0.4) is 0 Å². The standard InChI is InChI=1S/C83H70N4/c1-59-56-70(48-51-81(59)87(64-26-10-4-11-27-64)65-28-12-5-13-29-65)86(72-47-50-76-74-31-15-17-33-78(74)83(80(76)58-72)54-20-21-55-83)67-40-36-61(37-41-67)60-34-38-66(39-35-60)85(71-46-49-75-73-30-14-16-32-77(73)82(79(75)57-71)52-18-19-53-82)69-44-42-68(43-45-69)84(62-22-6-2-7-23-62)63-24-8-3-9-25-63/h2-17,22-51,57-59H,18-21,52-56H2,1H3. The molecule has 2 saturated carbocycles. The number of fused-ring (bicyclic) bond motifs is 10. The Hall–Kier alpha value is -9.90. The minimum Gasteiger partial charge on any atom is -0.314 e. The molecule has 1 unspecified atom stereocenters. The van der Waals surface area contributed by atoms with Gasteiger partial charge < -0.3 is 19.6 Å². The SMILES string of the molecule is CC1CC(N(c2ccc(-c3ccc(N(c4ccc(N(c5ccccc5)c5ccccc5)cc4)c4ccc5c(c4)C4(CCCC4)c4ccccc4-5)cc3)cc2)c2ccc3c(c2)C2(CCCC2)c2ccccc2-3)=CC=C1N(c1ccccc1)c1ccccc1. The normalized spacial score (nSPS) is 16.4. The second kappa shape index (κ2) is 21.9. The van der Waals surface area contributed by atoms with E-state index < -0.39 is 0 Å². The molecule has 2 fully saturated rings. The van der Waals surface area contributed by atoms with Gasteiger partial charge in [0.2, 0.25) is 0 Å². The zero-order valence-electron chi connectivity index (χ0n) is 49.4. The van der Waals surface area contributed by atoms with Gasteiger partial charge in [0.05, 0.1) is 0 Å². The van der Waals surface area contributed by atoms with Crippen molar-refractivity contribution in [2.45, 2.75) is 75.5 Å². The van der Waals surface area contributed by atoms with E-state index in [1.807, 2.05) is 0 Å². The van der Waals surface area contributed by atoms with E-state index in [2.05, 4.69) is 318 Å². The molecule has 4 nitrogen and oxygen atoms in total. The fourth-order valence-corrected chi connectivity index (χ4v) is 16.0. The van der Waals surface area contributed by atoms with E-state index in [1.54, 1.807) is 0 Å². The second-order valence-corrected chi connectivity index (χ2v) is 24.8. The second-order valence-electron chi connectivity index (χ2n) is 24.8. The van der Waals surface area contributed by atoms with Gasteiger partial charge >= 0.3 is 0 Å². The molecule has 2 spiro atoms. The molecule has 11 aromatic carbocycles. The lowest BCUT2D eigenvalue weighted by atomic mass is 9.76. The van der Waals surface area contributed by atoms with Crippen molar-refractivity contribution in [3.05, 3.63) is 325 Å². The molecule has 0 aromatic heterocycles. The smallest absolute Gasteiger partial charge is 0.0465 e. The number of benzene rings is 11. The molecule has 0 heterocycles. The number of hydrogen-bond acceptors (Lipinski definition) is 4. The number of nitrogens with zero attached hydrogens (tertiary/aromatic N) is 4. The molecule has 422 valence electrons. The summed E-state index contributed by atoms with van der Waals surface area (Å²) in [5.74, 6) is 0.235. The molecule has 16 rings (SSSR count). The van der Waals surface area contributed by atoms with Gasteiger partial charge in [-0.05, 0) is 221 Å². The summed E-state index contributed by atoms with van der Waals surface area (Å²) in [6, 6.07) is 104. The number of hydrogen-bond donors (Lipinski definition) is 0. The van der Waals surface area contributed by atoms with Crippen molar-refractivity contribution in [1.82, 2.24) is 0 Å². The van der Waals surface area contributed by atoms with Gasteiger partial charge in [0, 0.05) is 85.0 Å². The summed E-state index contributed by atoms with van der Waals surface area (Å²) in [7, 11) is 0. The summed E-state index contributed by atoms with van der Waals surface area (Å²) in [5.41, 5.74) is 28.1. The highest BCUT2D eigenvalue weighted by Gasteiger charge is 2.47. The van der Waals surface area contributed by atoms with Gasteiger partial charge in [-0.3, -0.25) is 0 Å². The molecule has 11 aromatic rings. The van der Waals surface area contributed by atoms with Crippen LogP contribution in [0, 0.1) is 5.92 Å². The molecule has 5 aliphatic rings. The van der Waals surface area contributed by atoms with E-state index in [4.69, 9.17) is 0 Å². The Morgan fingerprint density at radius 1 is 0.276 bits per heavy atom. The minimum atomic E-state index is 0.0524. The number of rotatable bonds is 13. The summed E-state index contributed by atoms with van der Waals surface area (Å²) in [6.07, 6.45) is 15.5. The lowest BCUT2D eigenvalue weighted by Crippen LogP contribution is -2.27. The van der Waals surface area contributed by atoms with Crippen LogP contribution >= 0.6 is 0 Å². The first-order valence-corrected chi connectivity index (χ1v) is 31.6. The quantitative estimate of drug-likeness (QED) is 0.114. The van der Waals surface area contributed by atoms with E-state index >= 15 is 0 Å². The number of para-hydroxylation sites is 4. The Labute approximate surface area is 513 Å². The summed E-state index contributed by atoms with van der Waals surface area (Å²) < 4.78 is 0. The van der Waals surface area contributed by atoms with Crippen molar-refractivity contribution >= 4 is 56.9 Å². The molecule has 0 N–H and O–H groups in total. The highest BCUT2D eigenvalue weighted by Crippen LogP contribution is 2.60. The third-order valence-electron chi connectivity index (χ3n) is 20.0. The largest absolute Gasteiger partial charge is 0.314 e. The van der Waals surface area contributed by atoms with Crippen LogP contribution in [0.1, 0.15) is 87.0 Å². The first-order chi connectivity index (χ1) is 43.0. The number of allylic oxidation sites excluding steroid dienone is 4. The zero-order chi connectivity index (χ0) is 57.9. The third kappa shape index (κ3) is 9.03. The van der Waals surface area contributed by atoms with Crippen LogP contribution in [0.2, 0.25) is 0 Å². The molecule has 5 aliphatic carbocycles. The minimum absolute atomic E-state index is 0.0524. The van der Waals surface area contributed by atoms with Gasteiger partial charge in [0.1, 0.15) is 0 Å². The van der Waals surface area contributed by atoms with Crippen LogP contribution in [-0.2, 0) is 10.8 Å². The maximum Gasteiger partial charge on any atom is 0.0465 e. The highest BCUT2D eigenvalue weighted by atomic mass is 15.2. The van der Waals surface area contributed by atoms with Crippen molar-refractivity contribution in [3.8, 4) is 33.4 Å². The van der Waals surface area contributed by atoms with Crippen molar-refractivity contribution in [3.63, 3.8) is 0 Å². The molecule has 0 radical (unpaired) electrons. The molecule has 87 heavy (non-hydrogen) atoms. The van der Waals surface area contributed by atoms with E-state index in [0.717, 1.165) is 40.5 Å². The Bertz CT molecular complexity index is 4290. The fourth-order valence-electron chi connectivity index (χ4n) is 16.0. The predicted molar refractivity (Wildman–Crippen MR) is 364 cm³/mol. The monoisotopic (exact) mass is 1120 g/mol. The van der Waals surface area contributed by atoms with Crippen LogP contribution in [0.5, 0.6) is 0 Å². The van der Waals surface area contributed by atoms with Gasteiger partial charge in [0.25, 0.3) is 0 Å². The number of anilines is 10. The Morgan fingerprint density at radius 3 is 1.00 bits per heavy atom. The van der Waals surface area contributed by atoms with Gasteiger partial charge in [-0.15, -0.1) is 0 Å². The van der Waals surface area contributed by atoms with Crippen LogP contribution in [0.25, 0.3) is 33.4 Å². The van der Waals surface area contributed by atoms with Gasteiger partial charge in [-0.1, -0.05) is 190 Å². The lowest BCUT2D eigenvalue weighted by Gasteiger charge is -2.37. The average Bonchev–Trinajstić information content (AvgIpc) is 1.66. The maximum absolute atomic E-state index is 2.56. The van der Waals surface area contributed by atoms with Crippen molar-refractivity contribution in [2.24, 2.45) is 5.92 Å². The van der Waals surface area contributed by atoms with E-state index in [9.17, 15) is 0 Å². The van der Waals surface area contributed by atoms with Gasteiger partial charge in [0.15, 0.2) is 0 Å². The predicted octanol–water partition coefficient (Wildman–Crippen LogP) is 22.8. The topological polar surface area (TPSA) is 13.0 Å². The molecule has 1 atom stereocenters. The Morgan fingerprint density at radius 2 is 0.586 bits per heavy atom. The van der Waals surface area contributed by atoms with Crippen LogP contribution in [0.15, 0.2) is 303 Å².